The Morgan fingerprint density at radius 1 is 1.31 bits per heavy atom. The fourth-order valence-corrected chi connectivity index (χ4v) is 2.55. The summed E-state index contributed by atoms with van der Waals surface area (Å²) in [7, 11) is 1.55. The minimum Gasteiger partial charge on any atom is -0.504 e. The molecule has 0 atom stereocenters. The Morgan fingerprint density at radius 2 is 2.12 bits per heavy atom. The molecule has 0 spiro atoms. The molecule has 2 rings (SSSR count). The SMILES string of the molecule is CCc1csc(-c2ccc(OC)c(O)c2)c1. The van der Waals surface area contributed by atoms with Gasteiger partial charge in [-0.2, -0.15) is 0 Å². The Morgan fingerprint density at radius 3 is 2.69 bits per heavy atom. The second-order valence-corrected chi connectivity index (χ2v) is 4.47. The summed E-state index contributed by atoms with van der Waals surface area (Å²) >= 11 is 1.70. The summed E-state index contributed by atoms with van der Waals surface area (Å²) in [5.74, 6) is 0.697. The van der Waals surface area contributed by atoms with Crippen LogP contribution in [0.25, 0.3) is 10.4 Å². The van der Waals surface area contributed by atoms with E-state index in [0.29, 0.717) is 5.75 Å². The quantitative estimate of drug-likeness (QED) is 0.877. The number of thiophene rings is 1. The molecule has 1 heterocycles. The third-order valence-electron chi connectivity index (χ3n) is 2.53. The van der Waals surface area contributed by atoms with Crippen molar-refractivity contribution in [3.8, 4) is 21.9 Å². The van der Waals surface area contributed by atoms with Gasteiger partial charge in [-0.15, -0.1) is 11.3 Å². The van der Waals surface area contributed by atoms with Gasteiger partial charge < -0.3 is 9.84 Å². The molecule has 1 aromatic carbocycles. The zero-order valence-corrected chi connectivity index (χ0v) is 10.2. The van der Waals surface area contributed by atoms with Gasteiger partial charge >= 0.3 is 0 Å². The van der Waals surface area contributed by atoms with Crippen LogP contribution >= 0.6 is 11.3 Å². The van der Waals surface area contributed by atoms with Gasteiger partial charge in [0.25, 0.3) is 0 Å². The Hall–Kier alpha value is -1.48. The van der Waals surface area contributed by atoms with Crippen molar-refractivity contribution in [2.75, 3.05) is 7.11 Å². The van der Waals surface area contributed by atoms with Crippen LogP contribution in [0.3, 0.4) is 0 Å². The van der Waals surface area contributed by atoms with E-state index in [1.54, 1.807) is 30.6 Å². The number of hydrogen-bond acceptors (Lipinski definition) is 3. The highest BCUT2D eigenvalue weighted by atomic mass is 32.1. The van der Waals surface area contributed by atoms with Gasteiger partial charge in [-0.3, -0.25) is 0 Å². The number of phenolic OH excluding ortho intramolecular Hbond substituents is 1. The first kappa shape index (κ1) is 11.0. The lowest BCUT2D eigenvalue weighted by Gasteiger charge is -2.04. The van der Waals surface area contributed by atoms with E-state index in [-0.39, 0.29) is 5.75 Å². The summed E-state index contributed by atoms with van der Waals surface area (Å²) in [6.07, 6.45) is 1.04. The molecule has 0 amide bonds. The predicted octanol–water partition coefficient (Wildman–Crippen LogP) is 3.69. The minimum atomic E-state index is 0.187. The molecule has 0 aliphatic rings. The van der Waals surface area contributed by atoms with Crippen LogP contribution in [0.15, 0.2) is 29.6 Å². The highest BCUT2D eigenvalue weighted by molar-refractivity contribution is 7.13. The zero-order chi connectivity index (χ0) is 11.5. The smallest absolute Gasteiger partial charge is 0.160 e. The van der Waals surface area contributed by atoms with Crippen molar-refractivity contribution in [2.45, 2.75) is 13.3 Å². The molecule has 3 heteroatoms. The lowest BCUT2D eigenvalue weighted by atomic mass is 10.1. The van der Waals surface area contributed by atoms with E-state index in [2.05, 4.69) is 18.4 Å². The molecule has 0 fully saturated rings. The normalized spacial score (nSPS) is 10.4. The maximum absolute atomic E-state index is 9.70. The molecule has 0 unspecified atom stereocenters. The molecule has 1 aromatic heterocycles. The van der Waals surface area contributed by atoms with Crippen molar-refractivity contribution in [3.63, 3.8) is 0 Å². The second kappa shape index (κ2) is 4.58. The first-order valence-corrected chi connectivity index (χ1v) is 6.07. The predicted molar refractivity (Wildman–Crippen MR) is 67.3 cm³/mol. The first-order chi connectivity index (χ1) is 7.74. The van der Waals surface area contributed by atoms with E-state index in [1.807, 2.05) is 6.07 Å². The summed E-state index contributed by atoms with van der Waals surface area (Å²) in [4.78, 5) is 1.18. The Bertz CT molecular complexity index is 488. The van der Waals surface area contributed by atoms with Crippen molar-refractivity contribution in [3.05, 3.63) is 35.2 Å². The maximum atomic E-state index is 9.70. The summed E-state index contributed by atoms with van der Waals surface area (Å²) in [6.45, 7) is 2.14. The van der Waals surface area contributed by atoms with Crippen molar-refractivity contribution < 1.29 is 9.84 Å². The summed E-state index contributed by atoms with van der Waals surface area (Å²) in [5.41, 5.74) is 2.36. The van der Waals surface area contributed by atoms with Crippen LogP contribution in [0.4, 0.5) is 0 Å². The van der Waals surface area contributed by atoms with Gasteiger partial charge in [0, 0.05) is 4.88 Å². The highest BCUT2D eigenvalue weighted by Gasteiger charge is 2.06. The fourth-order valence-electron chi connectivity index (χ4n) is 1.56. The molecule has 0 aliphatic carbocycles. The molecular weight excluding hydrogens is 220 g/mol. The number of methoxy groups -OCH3 is 1. The lowest BCUT2D eigenvalue weighted by molar-refractivity contribution is 0.373. The third-order valence-corrected chi connectivity index (χ3v) is 3.55. The van der Waals surface area contributed by atoms with Crippen molar-refractivity contribution >= 4 is 11.3 Å². The summed E-state index contributed by atoms with van der Waals surface area (Å²) in [5, 5.41) is 11.8. The summed E-state index contributed by atoms with van der Waals surface area (Å²) < 4.78 is 5.02. The van der Waals surface area contributed by atoms with Crippen LogP contribution in [-0.4, -0.2) is 12.2 Å². The molecule has 0 aliphatic heterocycles. The van der Waals surface area contributed by atoms with E-state index in [9.17, 15) is 5.11 Å². The standard InChI is InChI=1S/C13H14O2S/c1-3-9-6-13(16-8-9)10-4-5-12(15-2)11(14)7-10/h4-8,14H,3H2,1-2H3. The maximum Gasteiger partial charge on any atom is 0.160 e. The molecular formula is C13H14O2S. The number of aromatic hydroxyl groups is 1. The number of aryl methyl sites for hydroxylation is 1. The monoisotopic (exact) mass is 234 g/mol. The van der Waals surface area contributed by atoms with Gasteiger partial charge in [-0.25, -0.2) is 0 Å². The van der Waals surface area contributed by atoms with Gasteiger partial charge in [-0.05, 0) is 47.2 Å². The molecule has 2 nitrogen and oxygen atoms in total. The Kier molecular flexibility index (Phi) is 3.15. The van der Waals surface area contributed by atoms with E-state index in [1.165, 1.54) is 10.4 Å². The van der Waals surface area contributed by atoms with Crippen LogP contribution in [0.5, 0.6) is 11.5 Å². The Labute approximate surface area is 99.1 Å². The molecule has 0 saturated carbocycles. The number of benzene rings is 1. The number of rotatable bonds is 3. The van der Waals surface area contributed by atoms with Crippen LogP contribution in [0.1, 0.15) is 12.5 Å². The molecule has 1 N–H and O–H groups in total. The van der Waals surface area contributed by atoms with E-state index >= 15 is 0 Å². The van der Waals surface area contributed by atoms with Crippen molar-refractivity contribution in [1.29, 1.82) is 0 Å². The number of phenols is 1. The first-order valence-electron chi connectivity index (χ1n) is 5.19. The Balaban J connectivity index is 2.37. The van der Waals surface area contributed by atoms with E-state index in [0.717, 1.165) is 12.0 Å². The van der Waals surface area contributed by atoms with Gasteiger partial charge in [-0.1, -0.05) is 6.92 Å². The molecule has 84 valence electrons. The molecule has 0 bridgehead atoms. The van der Waals surface area contributed by atoms with Gasteiger partial charge in [0.1, 0.15) is 0 Å². The van der Waals surface area contributed by atoms with Gasteiger partial charge in [0.2, 0.25) is 0 Å². The van der Waals surface area contributed by atoms with Crippen LogP contribution in [-0.2, 0) is 6.42 Å². The van der Waals surface area contributed by atoms with Crippen molar-refractivity contribution in [1.82, 2.24) is 0 Å². The second-order valence-electron chi connectivity index (χ2n) is 3.56. The molecule has 0 radical (unpaired) electrons. The van der Waals surface area contributed by atoms with E-state index in [4.69, 9.17) is 4.74 Å². The van der Waals surface area contributed by atoms with Crippen LogP contribution in [0, 0.1) is 0 Å². The number of hydrogen-bond donors (Lipinski definition) is 1. The highest BCUT2D eigenvalue weighted by Crippen LogP contribution is 2.34. The van der Waals surface area contributed by atoms with Crippen LogP contribution < -0.4 is 4.74 Å². The van der Waals surface area contributed by atoms with Crippen LogP contribution in [0.2, 0.25) is 0 Å². The number of ether oxygens (including phenoxy) is 1. The fraction of sp³-hybridized carbons (Fsp3) is 0.231. The van der Waals surface area contributed by atoms with Crippen molar-refractivity contribution in [2.24, 2.45) is 0 Å². The molecule has 0 saturated heterocycles. The molecule has 16 heavy (non-hydrogen) atoms. The minimum absolute atomic E-state index is 0.187. The van der Waals surface area contributed by atoms with Gasteiger partial charge in [0.15, 0.2) is 11.5 Å². The average molecular weight is 234 g/mol. The summed E-state index contributed by atoms with van der Waals surface area (Å²) in [6, 6.07) is 7.65. The van der Waals surface area contributed by atoms with Gasteiger partial charge in [0.05, 0.1) is 7.11 Å². The zero-order valence-electron chi connectivity index (χ0n) is 9.36. The average Bonchev–Trinajstić information content (AvgIpc) is 2.77. The third kappa shape index (κ3) is 2.04. The molecule has 2 aromatic rings. The topological polar surface area (TPSA) is 29.5 Å². The largest absolute Gasteiger partial charge is 0.504 e. The lowest BCUT2D eigenvalue weighted by Crippen LogP contribution is -1.83. The van der Waals surface area contributed by atoms with E-state index < -0.39 is 0 Å².